The zero-order chi connectivity index (χ0) is 22.0. The van der Waals surface area contributed by atoms with Crippen molar-refractivity contribution in [1.29, 1.82) is 0 Å². The Morgan fingerprint density at radius 1 is 1.16 bits per heavy atom. The van der Waals surface area contributed by atoms with Crippen LogP contribution in [-0.4, -0.2) is 32.6 Å². The lowest BCUT2D eigenvalue weighted by Gasteiger charge is -2.23. The molecule has 4 aromatic rings. The van der Waals surface area contributed by atoms with Crippen LogP contribution in [0.25, 0.3) is 22.0 Å². The van der Waals surface area contributed by atoms with E-state index >= 15 is 0 Å². The molecule has 0 aliphatic carbocycles. The molecule has 0 fully saturated rings. The molecule has 31 heavy (non-hydrogen) atoms. The molecule has 1 N–H and O–H groups in total. The molecule has 3 heterocycles. The van der Waals surface area contributed by atoms with Gasteiger partial charge in [-0.25, -0.2) is 4.98 Å². The van der Waals surface area contributed by atoms with Crippen molar-refractivity contribution in [2.45, 2.75) is 26.2 Å². The number of hydrogen-bond donors (Lipinski definition) is 1. The summed E-state index contributed by atoms with van der Waals surface area (Å²) < 4.78 is 5.00. The highest BCUT2D eigenvalue weighted by Crippen LogP contribution is 2.30. The molecular weight excluding hydrogens is 434 g/mol. The van der Waals surface area contributed by atoms with Crippen molar-refractivity contribution in [3.8, 4) is 22.0 Å². The molecule has 0 saturated carbocycles. The number of benzene rings is 1. The van der Waals surface area contributed by atoms with Crippen molar-refractivity contribution in [2.24, 2.45) is 0 Å². The van der Waals surface area contributed by atoms with Gasteiger partial charge in [0.15, 0.2) is 0 Å². The van der Waals surface area contributed by atoms with E-state index in [0.29, 0.717) is 34.4 Å². The van der Waals surface area contributed by atoms with E-state index in [1.165, 1.54) is 6.20 Å². The van der Waals surface area contributed by atoms with Gasteiger partial charge in [0, 0.05) is 52.8 Å². The fraction of sp³-hybridized carbons (Fsp3) is 0.227. The second-order valence-electron chi connectivity index (χ2n) is 7.71. The van der Waals surface area contributed by atoms with Crippen LogP contribution in [-0.2, 0) is 5.41 Å². The van der Waals surface area contributed by atoms with Gasteiger partial charge in [-0.05, 0) is 18.2 Å². The van der Waals surface area contributed by atoms with E-state index in [4.69, 9.17) is 21.1 Å². The second-order valence-corrected chi connectivity index (χ2v) is 9.01. The Morgan fingerprint density at radius 2 is 1.94 bits per heavy atom. The molecule has 0 aliphatic heterocycles. The fourth-order valence-corrected chi connectivity index (χ4v) is 4.05. The first-order valence-corrected chi connectivity index (χ1v) is 10.8. The molecule has 0 atom stereocenters. The zero-order valence-corrected chi connectivity index (χ0v) is 18.8. The van der Waals surface area contributed by atoms with Gasteiger partial charge < -0.3 is 9.84 Å². The van der Waals surface area contributed by atoms with E-state index < -0.39 is 0 Å². The average Bonchev–Trinajstić information content (AvgIpc) is 3.43. The third-order valence-corrected chi connectivity index (χ3v) is 5.91. The minimum Gasteiger partial charge on any atom is -0.351 e. The predicted octanol–water partition coefficient (Wildman–Crippen LogP) is 4.92. The van der Waals surface area contributed by atoms with Crippen LogP contribution in [0.5, 0.6) is 0 Å². The van der Waals surface area contributed by atoms with Gasteiger partial charge in [-0.3, -0.25) is 9.78 Å². The van der Waals surface area contributed by atoms with Crippen LogP contribution in [0.3, 0.4) is 0 Å². The molecule has 1 amide bonds. The first-order chi connectivity index (χ1) is 14.8. The smallest absolute Gasteiger partial charge is 0.252 e. The van der Waals surface area contributed by atoms with Crippen LogP contribution in [0, 0.1) is 6.92 Å². The molecule has 0 spiro atoms. The average molecular weight is 454 g/mol. The number of nitrogens with zero attached hydrogens (tertiary/aromatic N) is 4. The minimum atomic E-state index is -0.355. The maximum Gasteiger partial charge on any atom is 0.252 e. The predicted molar refractivity (Wildman–Crippen MR) is 120 cm³/mol. The number of hydrogen-bond acceptors (Lipinski definition) is 7. The Hall–Kier alpha value is -3.10. The molecule has 0 bridgehead atoms. The lowest BCUT2D eigenvalue weighted by Crippen LogP contribution is -2.37. The highest BCUT2D eigenvalue weighted by molar-refractivity contribution is 7.13. The summed E-state index contributed by atoms with van der Waals surface area (Å²) in [5.41, 5.74) is 2.62. The van der Waals surface area contributed by atoms with Crippen LogP contribution in [0.1, 0.15) is 35.8 Å². The zero-order valence-electron chi connectivity index (χ0n) is 17.2. The maximum atomic E-state index is 12.7. The van der Waals surface area contributed by atoms with Crippen molar-refractivity contribution >= 4 is 28.8 Å². The SMILES string of the molecule is Cc1nc(-c2cncc(C(=O)NCC(C)(C)c3csc(-c4ccc(Cl)cc4)n3)c2)no1. The van der Waals surface area contributed by atoms with Gasteiger partial charge in [0.1, 0.15) is 5.01 Å². The standard InChI is InChI=1S/C22H20ClN5O2S/c1-13-26-19(28-30-13)15-8-16(10-24-9-15)20(29)25-12-22(2,3)18-11-31-21(27-18)14-4-6-17(23)7-5-14/h4-11H,12H2,1-3H3,(H,25,29). The van der Waals surface area contributed by atoms with E-state index in [1.807, 2.05) is 43.5 Å². The van der Waals surface area contributed by atoms with Crippen LogP contribution in [0.2, 0.25) is 5.02 Å². The first-order valence-electron chi connectivity index (χ1n) is 9.58. The van der Waals surface area contributed by atoms with Gasteiger partial charge in [0.05, 0.1) is 11.3 Å². The lowest BCUT2D eigenvalue weighted by molar-refractivity contribution is 0.0945. The Labute approximate surface area is 188 Å². The summed E-state index contributed by atoms with van der Waals surface area (Å²) in [4.78, 5) is 25.8. The molecule has 1 aromatic carbocycles. The van der Waals surface area contributed by atoms with E-state index in [2.05, 4.69) is 20.4 Å². The maximum absolute atomic E-state index is 12.7. The number of thiazole rings is 1. The summed E-state index contributed by atoms with van der Waals surface area (Å²) in [6.07, 6.45) is 3.11. The number of carbonyl (C=O) groups excluding carboxylic acids is 1. The summed E-state index contributed by atoms with van der Waals surface area (Å²) in [6, 6.07) is 9.29. The number of aryl methyl sites for hydroxylation is 1. The minimum absolute atomic E-state index is 0.226. The van der Waals surface area contributed by atoms with Crippen LogP contribution >= 0.6 is 22.9 Å². The van der Waals surface area contributed by atoms with Crippen molar-refractivity contribution < 1.29 is 9.32 Å². The molecule has 158 valence electrons. The third kappa shape index (κ3) is 4.81. The topological polar surface area (TPSA) is 93.8 Å². The first kappa shape index (κ1) is 21.1. The Kier molecular flexibility index (Phi) is 5.84. The van der Waals surface area contributed by atoms with Crippen LogP contribution in [0.15, 0.2) is 52.6 Å². The lowest BCUT2D eigenvalue weighted by atomic mass is 9.90. The van der Waals surface area contributed by atoms with Gasteiger partial charge in [0.2, 0.25) is 11.7 Å². The molecule has 0 radical (unpaired) electrons. The van der Waals surface area contributed by atoms with Crippen molar-refractivity contribution in [3.05, 3.63) is 70.3 Å². The monoisotopic (exact) mass is 453 g/mol. The van der Waals surface area contributed by atoms with Gasteiger partial charge in [-0.2, -0.15) is 4.98 Å². The molecule has 3 aromatic heterocycles. The van der Waals surface area contributed by atoms with Gasteiger partial charge in [-0.1, -0.05) is 42.7 Å². The van der Waals surface area contributed by atoms with Crippen molar-refractivity contribution in [2.75, 3.05) is 6.54 Å². The normalized spacial score (nSPS) is 11.5. The van der Waals surface area contributed by atoms with Gasteiger partial charge in [0.25, 0.3) is 5.91 Å². The summed E-state index contributed by atoms with van der Waals surface area (Å²) >= 11 is 7.54. The van der Waals surface area contributed by atoms with E-state index in [1.54, 1.807) is 30.5 Å². The van der Waals surface area contributed by atoms with Gasteiger partial charge in [-0.15, -0.1) is 11.3 Å². The van der Waals surface area contributed by atoms with E-state index in [9.17, 15) is 4.79 Å². The second kappa shape index (κ2) is 8.56. The van der Waals surface area contributed by atoms with Crippen molar-refractivity contribution in [1.82, 2.24) is 25.4 Å². The number of aromatic nitrogens is 4. The quantitative estimate of drug-likeness (QED) is 0.445. The molecule has 9 heteroatoms. The molecule has 0 aliphatic rings. The summed E-state index contributed by atoms with van der Waals surface area (Å²) in [6.45, 7) is 6.22. The Balaban J connectivity index is 1.45. The summed E-state index contributed by atoms with van der Waals surface area (Å²) in [5, 5.41) is 10.5. The number of nitrogens with one attached hydrogen (secondary N) is 1. The molecule has 4 rings (SSSR count). The number of rotatable bonds is 6. The van der Waals surface area contributed by atoms with E-state index in [0.717, 1.165) is 16.3 Å². The van der Waals surface area contributed by atoms with Crippen LogP contribution < -0.4 is 5.32 Å². The number of pyridine rings is 1. The Bertz CT molecular complexity index is 1220. The highest BCUT2D eigenvalue weighted by atomic mass is 35.5. The molecular formula is C22H20ClN5O2S. The number of carbonyl (C=O) groups is 1. The summed E-state index contributed by atoms with van der Waals surface area (Å²) in [5.74, 6) is 0.626. The molecule has 0 saturated heterocycles. The molecule has 0 unspecified atom stereocenters. The molecule has 7 nitrogen and oxygen atoms in total. The van der Waals surface area contributed by atoms with Gasteiger partial charge >= 0.3 is 0 Å². The van der Waals surface area contributed by atoms with Crippen LogP contribution in [0.4, 0.5) is 0 Å². The number of halogens is 1. The number of amides is 1. The summed E-state index contributed by atoms with van der Waals surface area (Å²) in [7, 11) is 0. The third-order valence-electron chi connectivity index (χ3n) is 4.77. The highest BCUT2D eigenvalue weighted by Gasteiger charge is 2.25. The van der Waals surface area contributed by atoms with E-state index in [-0.39, 0.29) is 11.3 Å². The fourth-order valence-electron chi connectivity index (χ4n) is 2.91. The van der Waals surface area contributed by atoms with Crippen molar-refractivity contribution in [3.63, 3.8) is 0 Å². The largest absolute Gasteiger partial charge is 0.351 e. The Morgan fingerprint density at radius 3 is 2.65 bits per heavy atom.